The van der Waals surface area contributed by atoms with Crippen molar-refractivity contribution in [3.8, 4) is 11.3 Å². The Labute approximate surface area is 179 Å². The summed E-state index contributed by atoms with van der Waals surface area (Å²) >= 11 is 0. The topological polar surface area (TPSA) is 76.0 Å². The molecule has 1 aromatic heterocycles. The molecule has 1 heterocycles. The van der Waals surface area contributed by atoms with Crippen LogP contribution in [-0.4, -0.2) is 15.7 Å². The molecule has 0 radical (unpaired) electrons. The monoisotopic (exact) mass is 408 g/mol. The Kier molecular flexibility index (Phi) is 4.71. The summed E-state index contributed by atoms with van der Waals surface area (Å²) in [7, 11) is 0. The van der Waals surface area contributed by atoms with Crippen LogP contribution in [0.3, 0.4) is 0 Å². The maximum atomic E-state index is 12.9. The van der Waals surface area contributed by atoms with Crippen LogP contribution in [0.25, 0.3) is 22.2 Å². The lowest BCUT2D eigenvalue weighted by Gasteiger charge is -2.20. The molecule has 0 amide bonds. The number of nitro benzene ring substituents is 1. The molecule has 3 aromatic carbocycles. The van der Waals surface area contributed by atoms with Gasteiger partial charge >= 0.3 is 0 Å². The van der Waals surface area contributed by atoms with Gasteiger partial charge in [-0.2, -0.15) is 0 Å². The highest BCUT2D eigenvalue weighted by Gasteiger charge is 2.35. The van der Waals surface area contributed by atoms with Crippen LogP contribution in [-0.2, 0) is 4.79 Å². The first-order valence-electron chi connectivity index (χ1n) is 10.3. The van der Waals surface area contributed by atoms with E-state index >= 15 is 0 Å². The average Bonchev–Trinajstić information content (AvgIpc) is 3.39. The van der Waals surface area contributed by atoms with Crippen molar-refractivity contribution in [2.75, 3.05) is 0 Å². The van der Waals surface area contributed by atoms with Gasteiger partial charge in [0.2, 0.25) is 0 Å². The lowest BCUT2D eigenvalue weighted by Crippen LogP contribution is -2.12. The van der Waals surface area contributed by atoms with E-state index in [1.807, 2.05) is 60.7 Å². The molecule has 31 heavy (non-hydrogen) atoms. The van der Waals surface area contributed by atoms with Crippen molar-refractivity contribution in [2.45, 2.75) is 18.8 Å². The molecule has 152 valence electrons. The van der Waals surface area contributed by atoms with E-state index in [9.17, 15) is 14.9 Å². The molecule has 1 unspecified atom stereocenters. The zero-order chi connectivity index (χ0) is 21.4. The third-order valence-corrected chi connectivity index (χ3v) is 5.91. The van der Waals surface area contributed by atoms with Crippen molar-refractivity contribution in [1.29, 1.82) is 0 Å². The van der Waals surface area contributed by atoms with Crippen molar-refractivity contribution in [3.63, 3.8) is 0 Å². The molecule has 4 aromatic rings. The minimum Gasteiger partial charge on any atom is -0.354 e. The van der Waals surface area contributed by atoms with Gasteiger partial charge in [-0.1, -0.05) is 72.8 Å². The third kappa shape index (κ3) is 3.24. The summed E-state index contributed by atoms with van der Waals surface area (Å²) in [6, 6.07) is 24.6. The second-order valence-electron chi connectivity index (χ2n) is 7.70. The molecule has 1 aliphatic carbocycles. The van der Waals surface area contributed by atoms with Crippen LogP contribution in [0.2, 0.25) is 0 Å². The summed E-state index contributed by atoms with van der Waals surface area (Å²) < 4.78 is 0. The minimum absolute atomic E-state index is 0.0254. The van der Waals surface area contributed by atoms with Crippen molar-refractivity contribution in [2.24, 2.45) is 0 Å². The highest BCUT2D eigenvalue weighted by molar-refractivity contribution is 6.02. The van der Waals surface area contributed by atoms with Crippen LogP contribution in [0, 0.1) is 10.1 Å². The molecule has 5 nitrogen and oxygen atoms in total. The fourth-order valence-electron chi connectivity index (χ4n) is 4.57. The molecule has 1 N–H and O–H groups in total. The Morgan fingerprint density at radius 3 is 2.35 bits per heavy atom. The second-order valence-corrected chi connectivity index (χ2v) is 7.70. The van der Waals surface area contributed by atoms with Crippen molar-refractivity contribution in [1.82, 2.24) is 4.98 Å². The maximum Gasteiger partial charge on any atom is 0.273 e. The number of carbonyl (C=O) groups is 1. The number of rotatable bonds is 5. The number of ketones is 1. The quantitative estimate of drug-likeness (QED) is 0.317. The first kappa shape index (κ1) is 19.0. The predicted octanol–water partition coefficient (Wildman–Crippen LogP) is 6.16. The molecular formula is C26H20N2O3. The molecule has 0 aliphatic heterocycles. The minimum atomic E-state index is -0.525. The molecule has 1 aliphatic rings. The number of H-pyrrole nitrogens is 1. The van der Waals surface area contributed by atoms with Crippen molar-refractivity contribution < 1.29 is 9.72 Å². The molecule has 0 saturated carbocycles. The number of hydrogen-bond donors (Lipinski definition) is 1. The van der Waals surface area contributed by atoms with Crippen molar-refractivity contribution >= 4 is 22.4 Å². The molecule has 0 spiro atoms. The summed E-state index contributed by atoms with van der Waals surface area (Å²) in [5.41, 5.74) is 4.89. The molecule has 0 fully saturated rings. The number of benzene rings is 3. The fraction of sp³-hybridized carbons (Fsp3) is 0.115. The highest BCUT2D eigenvalue weighted by atomic mass is 16.6. The van der Waals surface area contributed by atoms with Crippen LogP contribution < -0.4 is 0 Å². The van der Waals surface area contributed by atoms with Gasteiger partial charge in [-0.3, -0.25) is 14.9 Å². The molecule has 0 bridgehead atoms. The van der Waals surface area contributed by atoms with Gasteiger partial charge in [0.05, 0.1) is 10.6 Å². The predicted molar refractivity (Wildman–Crippen MR) is 121 cm³/mol. The van der Waals surface area contributed by atoms with Crippen molar-refractivity contribution in [3.05, 3.63) is 112 Å². The van der Waals surface area contributed by atoms with Gasteiger partial charge in [0.1, 0.15) is 0 Å². The van der Waals surface area contributed by atoms with E-state index in [-0.39, 0.29) is 16.4 Å². The lowest BCUT2D eigenvalue weighted by atomic mass is 9.81. The largest absolute Gasteiger partial charge is 0.354 e. The third-order valence-electron chi connectivity index (χ3n) is 5.91. The Morgan fingerprint density at radius 1 is 0.903 bits per heavy atom. The van der Waals surface area contributed by atoms with Gasteiger partial charge < -0.3 is 4.98 Å². The zero-order valence-corrected chi connectivity index (χ0v) is 16.7. The molecule has 1 atom stereocenters. The lowest BCUT2D eigenvalue weighted by molar-refractivity contribution is -0.385. The Balaban J connectivity index is 1.87. The number of allylic oxidation sites excluding steroid dienone is 2. The van der Waals surface area contributed by atoms with Crippen LogP contribution in [0.5, 0.6) is 0 Å². The van der Waals surface area contributed by atoms with Crippen LogP contribution in [0.4, 0.5) is 5.69 Å². The SMILES string of the molecule is O=C1CCC=C1C(c1ccccc1[N+](=O)[O-])c1c(-c2ccccc2)[nH]c2ccccc12. The number of nitrogens with zero attached hydrogens (tertiary/aromatic N) is 1. The molecular weight excluding hydrogens is 388 g/mol. The van der Waals surface area contributed by atoms with E-state index in [4.69, 9.17) is 0 Å². The number of hydrogen-bond acceptors (Lipinski definition) is 3. The number of aromatic nitrogens is 1. The van der Waals surface area contributed by atoms with Crippen LogP contribution in [0.1, 0.15) is 29.9 Å². The number of nitro groups is 1. The number of nitrogens with one attached hydrogen (secondary N) is 1. The number of Topliss-reactive ketones (excluding diaryl/α,β-unsaturated/α-hetero) is 1. The fourth-order valence-corrected chi connectivity index (χ4v) is 4.57. The van der Waals surface area contributed by atoms with E-state index in [1.165, 1.54) is 6.07 Å². The summed E-state index contributed by atoms with van der Waals surface area (Å²) in [6.45, 7) is 0. The highest BCUT2D eigenvalue weighted by Crippen LogP contribution is 2.46. The average molecular weight is 408 g/mol. The Bertz CT molecular complexity index is 1340. The van der Waals surface area contributed by atoms with Crippen LogP contribution >= 0.6 is 0 Å². The summed E-state index contributed by atoms with van der Waals surface area (Å²) in [5, 5.41) is 12.9. The van der Waals surface area contributed by atoms with E-state index in [1.54, 1.807) is 18.2 Å². The smallest absolute Gasteiger partial charge is 0.273 e. The maximum absolute atomic E-state index is 12.9. The summed E-state index contributed by atoms with van der Waals surface area (Å²) in [5.74, 6) is -0.476. The normalized spacial score (nSPS) is 14.6. The zero-order valence-electron chi connectivity index (χ0n) is 16.7. The van der Waals surface area contributed by atoms with Crippen LogP contribution in [0.15, 0.2) is 90.5 Å². The van der Waals surface area contributed by atoms with Gasteiger partial charge in [0.25, 0.3) is 5.69 Å². The number of aromatic amines is 1. The van der Waals surface area contributed by atoms with E-state index in [2.05, 4.69) is 4.98 Å². The second kappa shape index (κ2) is 7.69. The molecule has 5 heteroatoms. The van der Waals surface area contributed by atoms with E-state index < -0.39 is 5.92 Å². The van der Waals surface area contributed by atoms with Gasteiger partial charge in [0, 0.05) is 40.4 Å². The van der Waals surface area contributed by atoms with E-state index in [0.717, 1.165) is 27.7 Å². The number of para-hydroxylation sites is 2. The summed E-state index contributed by atoms with van der Waals surface area (Å²) in [6.07, 6.45) is 3.05. The first-order valence-corrected chi connectivity index (χ1v) is 10.3. The standard InChI is InChI=1S/C26H20N2O3/c29-23-16-8-13-20(23)24(19-12-5-7-15-22(19)28(30)31)25-18-11-4-6-14-21(18)27-26(25)17-9-2-1-3-10-17/h1-7,9-15,24,27H,8,16H2. The summed E-state index contributed by atoms with van der Waals surface area (Å²) in [4.78, 5) is 28.0. The van der Waals surface area contributed by atoms with E-state index in [0.29, 0.717) is 24.0 Å². The molecule has 0 saturated heterocycles. The molecule has 5 rings (SSSR count). The van der Waals surface area contributed by atoms with Gasteiger partial charge in [-0.25, -0.2) is 0 Å². The first-order chi connectivity index (χ1) is 15.1. The van der Waals surface area contributed by atoms with Gasteiger partial charge in [-0.15, -0.1) is 0 Å². The Hall–Kier alpha value is -3.99. The van der Waals surface area contributed by atoms with Gasteiger partial charge in [-0.05, 0) is 23.6 Å². The van der Waals surface area contributed by atoms with Gasteiger partial charge in [0.15, 0.2) is 5.78 Å². The number of fused-ring (bicyclic) bond motifs is 1. The number of carbonyl (C=O) groups excluding carboxylic acids is 1. The Morgan fingerprint density at radius 2 is 1.61 bits per heavy atom.